The molecule has 0 radical (unpaired) electrons. The fourth-order valence-corrected chi connectivity index (χ4v) is 3.00. The van der Waals surface area contributed by atoms with Crippen LogP contribution in [-0.2, 0) is 6.54 Å². The van der Waals surface area contributed by atoms with Crippen molar-refractivity contribution < 1.29 is 0 Å². The van der Waals surface area contributed by atoms with Crippen molar-refractivity contribution in [2.45, 2.75) is 13.5 Å². The highest BCUT2D eigenvalue weighted by Gasteiger charge is 2.11. The Morgan fingerprint density at radius 2 is 2.24 bits per heavy atom. The third-order valence-electron chi connectivity index (χ3n) is 2.35. The third-order valence-corrected chi connectivity index (χ3v) is 4.64. The number of hydrogen-bond donors (Lipinski definition) is 1. The Hall–Kier alpha value is -0.850. The summed E-state index contributed by atoms with van der Waals surface area (Å²) in [4.78, 5) is 26.9. The molecule has 2 heterocycles. The number of rotatable bonds is 2. The lowest BCUT2D eigenvalue weighted by atomic mass is 10.3. The van der Waals surface area contributed by atoms with E-state index in [1.54, 1.807) is 6.92 Å². The zero-order valence-corrected chi connectivity index (χ0v) is 11.9. The minimum atomic E-state index is -0.495. The Labute approximate surface area is 114 Å². The molecule has 90 valence electrons. The van der Waals surface area contributed by atoms with E-state index >= 15 is 0 Å². The van der Waals surface area contributed by atoms with Crippen molar-refractivity contribution in [3.05, 3.63) is 52.4 Å². The maximum Gasteiger partial charge on any atom is 0.329 e. The number of aromatic amines is 1. The van der Waals surface area contributed by atoms with E-state index in [9.17, 15) is 9.59 Å². The van der Waals surface area contributed by atoms with E-state index in [4.69, 9.17) is 11.6 Å². The van der Waals surface area contributed by atoms with Crippen LogP contribution < -0.4 is 11.2 Å². The zero-order chi connectivity index (χ0) is 12.6. The van der Waals surface area contributed by atoms with E-state index in [1.807, 2.05) is 11.4 Å². The Morgan fingerprint density at radius 1 is 1.53 bits per heavy atom. The highest BCUT2D eigenvalue weighted by Crippen LogP contribution is 2.22. The zero-order valence-electron chi connectivity index (χ0n) is 8.79. The van der Waals surface area contributed by atoms with Crippen molar-refractivity contribution in [2.75, 3.05) is 0 Å². The van der Waals surface area contributed by atoms with E-state index in [2.05, 4.69) is 20.9 Å². The van der Waals surface area contributed by atoms with Crippen LogP contribution in [0.2, 0.25) is 5.15 Å². The molecule has 0 unspecified atom stereocenters. The van der Waals surface area contributed by atoms with Crippen LogP contribution in [0.4, 0.5) is 0 Å². The van der Waals surface area contributed by atoms with E-state index in [-0.39, 0.29) is 17.3 Å². The Kier molecular flexibility index (Phi) is 3.56. The molecule has 0 aliphatic carbocycles. The molecule has 2 rings (SSSR count). The van der Waals surface area contributed by atoms with E-state index < -0.39 is 5.69 Å². The van der Waals surface area contributed by atoms with Crippen molar-refractivity contribution in [2.24, 2.45) is 0 Å². The first-order valence-electron chi connectivity index (χ1n) is 4.72. The van der Waals surface area contributed by atoms with Gasteiger partial charge >= 0.3 is 5.69 Å². The number of thiophene rings is 1. The van der Waals surface area contributed by atoms with Gasteiger partial charge in [-0.25, -0.2) is 4.79 Å². The van der Waals surface area contributed by atoms with Crippen molar-refractivity contribution >= 4 is 38.9 Å². The molecule has 7 heteroatoms. The van der Waals surface area contributed by atoms with Crippen LogP contribution in [0.15, 0.2) is 25.5 Å². The molecule has 0 fully saturated rings. The monoisotopic (exact) mass is 334 g/mol. The summed E-state index contributed by atoms with van der Waals surface area (Å²) >= 11 is 10.6. The number of hydrogen-bond acceptors (Lipinski definition) is 3. The van der Waals surface area contributed by atoms with Gasteiger partial charge in [0.2, 0.25) is 0 Å². The normalized spacial score (nSPS) is 10.8. The largest absolute Gasteiger partial charge is 0.329 e. The van der Waals surface area contributed by atoms with Crippen LogP contribution in [0.25, 0.3) is 0 Å². The van der Waals surface area contributed by atoms with Gasteiger partial charge < -0.3 is 0 Å². The van der Waals surface area contributed by atoms with Gasteiger partial charge in [0.1, 0.15) is 5.15 Å². The van der Waals surface area contributed by atoms with Crippen molar-refractivity contribution in [1.82, 2.24) is 9.55 Å². The van der Waals surface area contributed by atoms with Crippen molar-refractivity contribution in [3.63, 3.8) is 0 Å². The predicted molar refractivity (Wildman–Crippen MR) is 72.2 cm³/mol. The van der Waals surface area contributed by atoms with E-state index in [0.29, 0.717) is 5.56 Å². The maximum absolute atomic E-state index is 11.9. The SMILES string of the molecule is Cc1c(Cl)[nH]c(=O)n(Cc2sccc2Br)c1=O. The van der Waals surface area contributed by atoms with Gasteiger partial charge in [0.15, 0.2) is 0 Å². The Morgan fingerprint density at radius 3 is 2.82 bits per heavy atom. The van der Waals surface area contributed by atoms with Crippen molar-refractivity contribution in [1.29, 1.82) is 0 Å². The lowest BCUT2D eigenvalue weighted by molar-refractivity contribution is 0.698. The van der Waals surface area contributed by atoms with Gasteiger partial charge in [0.05, 0.1) is 6.54 Å². The molecule has 17 heavy (non-hydrogen) atoms. The molecule has 0 atom stereocenters. The highest BCUT2D eigenvalue weighted by molar-refractivity contribution is 9.10. The molecule has 0 aromatic carbocycles. The number of aromatic nitrogens is 2. The van der Waals surface area contributed by atoms with E-state index in [1.165, 1.54) is 11.3 Å². The maximum atomic E-state index is 11.9. The minimum absolute atomic E-state index is 0.0986. The molecule has 0 aliphatic heterocycles. The standard InChI is InChI=1S/C10H8BrClN2O2S/c1-5-8(12)13-10(16)14(9(5)15)4-7-6(11)2-3-17-7/h2-3H,4H2,1H3,(H,13,16). The Balaban J connectivity index is 2.55. The quantitative estimate of drug-likeness (QED) is 0.857. The molecule has 0 amide bonds. The van der Waals surface area contributed by atoms with Crippen LogP contribution in [0, 0.1) is 6.92 Å². The van der Waals surface area contributed by atoms with E-state index in [0.717, 1.165) is 13.9 Å². The average Bonchev–Trinajstić information content (AvgIpc) is 2.67. The second kappa shape index (κ2) is 4.80. The summed E-state index contributed by atoms with van der Waals surface area (Å²) in [5, 5.41) is 1.99. The number of halogens is 2. The lowest BCUT2D eigenvalue weighted by Gasteiger charge is -2.05. The molecule has 0 bridgehead atoms. The number of H-pyrrole nitrogens is 1. The van der Waals surface area contributed by atoms with Gasteiger partial charge in [0.25, 0.3) is 5.56 Å². The second-order valence-electron chi connectivity index (χ2n) is 3.45. The summed E-state index contributed by atoms with van der Waals surface area (Å²) in [6.07, 6.45) is 0. The molecular formula is C10H8BrClN2O2S. The average molecular weight is 336 g/mol. The van der Waals surface area contributed by atoms with Gasteiger partial charge in [-0.15, -0.1) is 11.3 Å². The van der Waals surface area contributed by atoms with Crippen LogP contribution in [0.1, 0.15) is 10.4 Å². The number of nitrogens with zero attached hydrogens (tertiary/aromatic N) is 1. The van der Waals surface area contributed by atoms with Gasteiger partial charge in [-0.2, -0.15) is 0 Å². The van der Waals surface area contributed by atoms with Crippen molar-refractivity contribution in [3.8, 4) is 0 Å². The molecule has 2 aromatic heterocycles. The predicted octanol–water partition coefficient (Wildman–Crippen LogP) is 2.37. The van der Waals surface area contributed by atoms with Crippen LogP contribution in [0.3, 0.4) is 0 Å². The second-order valence-corrected chi connectivity index (χ2v) is 5.69. The topological polar surface area (TPSA) is 54.9 Å². The van der Waals surface area contributed by atoms with Crippen LogP contribution in [0.5, 0.6) is 0 Å². The molecule has 4 nitrogen and oxygen atoms in total. The van der Waals surface area contributed by atoms with Gasteiger partial charge in [0, 0.05) is 14.9 Å². The molecule has 0 saturated heterocycles. The molecule has 0 aliphatic rings. The first-order chi connectivity index (χ1) is 8.00. The number of nitrogens with one attached hydrogen (secondary N) is 1. The van der Waals surface area contributed by atoms with Gasteiger partial charge in [-0.1, -0.05) is 11.6 Å². The molecule has 0 saturated carbocycles. The minimum Gasteiger partial charge on any atom is -0.297 e. The first kappa shape index (κ1) is 12.6. The third kappa shape index (κ3) is 2.38. The highest BCUT2D eigenvalue weighted by atomic mass is 79.9. The Bertz CT molecular complexity index is 674. The smallest absolute Gasteiger partial charge is 0.297 e. The van der Waals surface area contributed by atoms with Crippen LogP contribution >= 0.6 is 38.9 Å². The summed E-state index contributed by atoms with van der Waals surface area (Å²) in [7, 11) is 0. The molecular weight excluding hydrogens is 328 g/mol. The summed E-state index contributed by atoms with van der Waals surface area (Å²) < 4.78 is 2.03. The fourth-order valence-electron chi connectivity index (χ4n) is 1.37. The summed E-state index contributed by atoms with van der Waals surface area (Å²) in [5.74, 6) is 0. The summed E-state index contributed by atoms with van der Waals surface area (Å²) in [5.41, 5.74) is -0.510. The first-order valence-corrected chi connectivity index (χ1v) is 6.77. The molecule has 1 N–H and O–H groups in total. The molecule has 2 aromatic rings. The summed E-state index contributed by atoms with van der Waals surface area (Å²) in [6.45, 7) is 1.82. The lowest BCUT2D eigenvalue weighted by Crippen LogP contribution is -2.36. The van der Waals surface area contributed by atoms with Gasteiger partial charge in [-0.05, 0) is 34.3 Å². The molecule has 0 spiro atoms. The fraction of sp³-hybridized carbons (Fsp3) is 0.200. The van der Waals surface area contributed by atoms with Gasteiger partial charge in [-0.3, -0.25) is 14.3 Å². The van der Waals surface area contributed by atoms with Crippen LogP contribution in [-0.4, -0.2) is 9.55 Å². The summed E-state index contributed by atoms with van der Waals surface area (Å²) in [6, 6.07) is 1.88.